The van der Waals surface area contributed by atoms with Crippen molar-refractivity contribution in [3.8, 4) is 0 Å². The molecule has 5 atom stereocenters. The van der Waals surface area contributed by atoms with Crippen LogP contribution in [0, 0.1) is 11.8 Å². The van der Waals surface area contributed by atoms with Crippen molar-refractivity contribution in [2.24, 2.45) is 17.6 Å². The number of likely N-dealkylation sites (tertiary alicyclic amines) is 1. The van der Waals surface area contributed by atoms with E-state index in [4.69, 9.17) is 15.2 Å². The largest absolute Gasteiger partial charge is 0.445 e. The second-order valence-electron chi connectivity index (χ2n) is 14.5. The Hall–Kier alpha value is -5.43. The summed E-state index contributed by atoms with van der Waals surface area (Å²) < 4.78 is 10.6. The van der Waals surface area contributed by atoms with Gasteiger partial charge in [-0.05, 0) is 61.6 Å². The Morgan fingerprint density at radius 2 is 1.35 bits per heavy atom. The zero-order valence-electron chi connectivity index (χ0n) is 32.1. The van der Waals surface area contributed by atoms with Gasteiger partial charge in [-0.1, -0.05) is 105 Å². The van der Waals surface area contributed by atoms with Crippen LogP contribution < -0.4 is 16.4 Å². The number of alkyl carbamates (subject to hydrolysis) is 1. The predicted molar refractivity (Wildman–Crippen MR) is 207 cm³/mol. The number of piperidine rings is 1. The van der Waals surface area contributed by atoms with Crippen LogP contribution in [-0.4, -0.2) is 95.3 Å². The summed E-state index contributed by atoms with van der Waals surface area (Å²) in [4.78, 5) is 68.6. The second-order valence-corrected chi connectivity index (χ2v) is 14.5. The Morgan fingerprint density at radius 1 is 0.818 bits per heavy atom. The predicted octanol–water partition coefficient (Wildman–Crippen LogP) is 4.21. The maximum atomic E-state index is 14.2. The third kappa shape index (κ3) is 13.1. The number of benzene rings is 3. The van der Waals surface area contributed by atoms with Gasteiger partial charge in [0.25, 0.3) is 5.91 Å². The summed E-state index contributed by atoms with van der Waals surface area (Å²) in [6.45, 7) is 6.07. The maximum Gasteiger partial charge on any atom is 0.410 e. The lowest BCUT2D eigenvalue weighted by molar-refractivity contribution is -0.140. The number of ether oxygens (including phenoxy) is 2. The van der Waals surface area contributed by atoms with Gasteiger partial charge >= 0.3 is 12.2 Å². The van der Waals surface area contributed by atoms with E-state index in [2.05, 4.69) is 10.6 Å². The topological polar surface area (TPSA) is 181 Å². The van der Waals surface area contributed by atoms with Gasteiger partial charge in [0.05, 0.1) is 12.1 Å². The van der Waals surface area contributed by atoms with Crippen LogP contribution in [0.1, 0.15) is 56.7 Å². The van der Waals surface area contributed by atoms with Gasteiger partial charge in [0.1, 0.15) is 12.6 Å². The highest BCUT2D eigenvalue weighted by Gasteiger charge is 2.36. The molecule has 5 N–H and O–H groups in total. The van der Waals surface area contributed by atoms with Gasteiger partial charge in [0.2, 0.25) is 11.8 Å². The number of carbonyl (C=O) groups is 5. The van der Waals surface area contributed by atoms with Crippen LogP contribution in [0.2, 0.25) is 0 Å². The molecule has 0 bridgehead atoms. The number of nitrogens with zero attached hydrogens (tertiary/aromatic N) is 2. The normalized spacial score (nSPS) is 15.9. The fourth-order valence-corrected chi connectivity index (χ4v) is 6.62. The molecule has 3 aromatic rings. The standard InChI is InChI=1S/C42H55N5O8/c1-28(2)37(40(51)47-22-20-34(21-23-47)46(4)42(53)54-27-32-18-12-7-13-19-32)45-39(50)33(24-30-14-8-5-9-15-30)26-36(48)35(25-31-16-10-6-11-17-31)44-41(52)55-29(3)38(43)49/h5-19,28-29,33-37,48H,20-27H2,1-4H3,(H2,43,49)(H,44,52)(H,45,50)/t29-,33?,35-,36+,37-/m0/s1. The molecule has 0 saturated carbocycles. The Morgan fingerprint density at radius 3 is 1.87 bits per heavy atom. The van der Waals surface area contributed by atoms with Gasteiger partial charge in [0, 0.05) is 32.1 Å². The van der Waals surface area contributed by atoms with Crippen molar-refractivity contribution in [2.45, 2.75) is 89.8 Å². The van der Waals surface area contributed by atoms with E-state index in [1.54, 1.807) is 16.8 Å². The van der Waals surface area contributed by atoms with E-state index in [9.17, 15) is 29.1 Å². The summed E-state index contributed by atoms with van der Waals surface area (Å²) in [5.41, 5.74) is 7.85. The van der Waals surface area contributed by atoms with Crippen molar-refractivity contribution in [3.05, 3.63) is 108 Å². The summed E-state index contributed by atoms with van der Waals surface area (Å²) in [5.74, 6) is -2.48. The number of hydrogen-bond donors (Lipinski definition) is 4. The first-order chi connectivity index (χ1) is 26.3. The first kappa shape index (κ1) is 42.3. The van der Waals surface area contributed by atoms with Crippen LogP contribution in [0.5, 0.6) is 0 Å². The molecule has 1 aliphatic heterocycles. The molecule has 4 rings (SSSR count). The molecule has 5 amide bonds. The molecule has 13 heteroatoms. The van der Waals surface area contributed by atoms with E-state index in [0.29, 0.717) is 25.9 Å². The highest BCUT2D eigenvalue weighted by atomic mass is 16.6. The fraction of sp³-hybridized carbons (Fsp3) is 0.452. The minimum Gasteiger partial charge on any atom is -0.445 e. The van der Waals surface area contributed by atoms with Crippen molar-refractivity contribution in [2.75, 3.05) is 20.1 Å². The first-order valence-corrected chi connectivity index (χ1v) is 18.9. The van der Waals surface area contributed by atoms with E-state index in [1.165, 1.54) is 6.92 Å². The number of carbonyl (C=O) groups excluding carboxylic acids is 5. The molecule has 1 unspecified atom stereocenters. The molecular weight excluding hydrogens is 702 g/mol. The molecule has 0 radical (unpaired) electrons. The number of hydrogen-bond acceptors (Lipinski definition) is 8. The Kier molecular flexibility index (Phi) is 16.1. The van der Waals surface area contributed by atoms with Gasteiger partial charge in [-0.2, -0.15) is 0 Å². The zero-order chi connectivity index (χ0) is 39.9. The summed E-state index contributed by atoms with van der Waals surface area (Å²) in [7, 11) is 1.71. The van der Waals surface area contributed by atoms with Crippen molar-refractivity contribution in [1.29, 1.82) is 0 Å². The molecule has 3 aromatic carbocycles. The lowest BCUT2D eigenvalue weighted by atomic mass is 9.88. The molecule has 0 aliphatic carbocycles. The summed E-state index contributed by atoms with van der Waals surface area (Å²) >= 11 is 0. The molecule has 1 heterocycles. The monoisotopic (exact) mass is 757 g/mol. The minimum atomic E-state index is -1.22. The van der Waals surface area contributed by atoms with Crippen LogP contribution in [-0.2, 0) is 43.3 Å². The van der Waals surface area contributed by atoms with Crippen LogP contribution in [0.4, 0.5) is 9.59 Å². The molecule has 13 nitrogen and oxygen atoms in total. The minimum absolute atomic E-state index is 0.0546. The molecule has 1 aliphatic rings. The Bertz CT molecular complexity index is 1690. The summed E-state index contributed by atoms with van der Waals surface area (Å²) in [6, 6.07) is 26.2. The van der Waals surface area contributed by atoms with Gasteiger partial charge in [-0.15, -0.1) is 0 Å². The highest BCUT2D eigenvalue weighted by Crippen LogP contribution is 2.22. The number of primary amides is 1. The highest BCUT2D eigenvalue weighted by molar-refractivity contribution is 5.89. The fourth-order valence-electron chi connectivity index (χ4n) is 6.62. The van der Waals surface area contributed by atoms with Crippen LogP contribution in [0.15, 0.2) is 91.0 Å². The molecule has 55 heavy (non-hydrogen) atoms. The van der Waals surface area contributed by atoms with E-state index < -0.39 is 54.2 Å². The SMILES string of the molecule is CC(C)[C@H](NC(=O)C(Cc1ccccc1)C[C@@H](O)[C@H](Cc1ccccc1)NC(=O)O[C@@H](C)C(N)=O)C(=O)N1CCC(N(C)C(=O)OCc2ccccc2)CC1. The third-order valence-corrected chi connectivity index (χ3v) is 10.0. The number of rotatable bonds is 17. The lowest BCUT2D eigenvalue weighted by Gasteiger charge is -2.38. The Labute approximate surface area is 323 Å². The van der Waals surface area contributed by atoms with Crippen LogP contribution in [0.25, 0.3) is 0 Å². The molecule has 296 valence electrons. The quantitative estimate of drug-likeness (QED) is 0.158. The third-order valence-electron chi connectivity index (χ3n) is 10.0. The number of nitrogens with one attached hydrogen (secondary N) is 2. The average molecular weight is 758 g/mol. The number of amides is 5. The molecule has 0 spiro atoms. The molecule has 1 fully saturated rings. The summed E-state index contributed by atoms with van der Waals surface area (Å²) in [5, 5.41) is 17.3. The summed E-state index contributed by atoms with van der Waals surface area (Å²) in [6.07, 6.45) is -2.23. The number of aliphatic hydroxyl groups excluding tert-OH is 1. The molecule has 1 saturated heterocycles. The number of nitrogens with two attached hydrogens (primary N) is 1. The van der Waals surface area contributed by atoms with Crippen LogP contribution in [0.3, 0.4) is 0 Å². The lowest BCUT2D eigenvalue weighted by Crippen LogP contribution is -2.56. The maximum absolute atomic E-state index is 14.2. The molecular formula is C42H55N5O8. The van der Waals surface area contributed by atoms with Crippen molar-refractivity contribution < 1.29 is 38.6 Å². The van der Waals surface area contributed by atoms with Crippen molar-refractivity contribution >= 4 is 29.9 Å². The van der Waals surface area contributed by atoms with E-state index in [1.807, 2.05) is 105 Å². The average Bonchev–Trinajstić information content (AvgIpc) is 3.18. The van der Waals surface area contributed by atoms with E-state index in [-0.39, 0.29) is 43.7 Å². The zero-order valence-corrected chi connectivity index (χ0v) is 32.1. The Balaban J connectivity index is 1.43. The van der Waals surface area contributed by atoms with Crippen molar-refractivity contribution in [3.63, 3.8) is 0 Å². The van der Waals surface area contributed by atoms with Gasteiger partial charge in [-0.25, -0.2) is 9.59 Å². The molecule has 0 aromatic heterocycles. The van der Waals surface area contributed by atoms with Gasteiger partial charge < -0.3 is 40.7 Å². The number of aliphatic hydroxyl groups is 1. The van der Waals surface area contributed by atoms with Crippen LogP contribution >= 0.6 is 0 Å². The smallest absolute Gasteiger partial charge is 0.410 e. The second kappa shape index (κ2) is 20.9. The first-order valence-electron chi connectivity index (χ1n) is 18.9. The van der Waals surface area contributed by atoms with E-state index in [0.717, 1.165) is 16.7 Å². The van der Waals surface area contributed by atoms with E-state index >= 15 is 0 Å². The van der Waals surface area contributed by atoms with Crippen molar-refractivity contribution in [1.82, 2.24) is 20.4 Å². The van der Waals surface area contributed by atoms with Gasteiger partial charge in [0.15, 0.2) is 6.10 Å². The van der Waals surface area contributed by atoms with Gasteiger partial charge in [-0.3, -0.25) is 14.4 Å².